The molecule has 112 valence electrons. The molecule has 0 unspecified atom stereocenters. The molecule has 0 aliphatic carbocycles. The lowest BCUT2D eigenvalue weighted by atomic mass is 10.1. The van der Waals surface area contributed by atoms with E-state index in [-0.39, 0.29) is 0 Å². The summed E-state index contributed by atoms with van der Waals surface area (Å²) in [6.45, 7) is 6.43. The number of benzene rings is 1. The van der Waals surface area contributed by atoms with Crippen LogP contribution in [0.1, 0.15) is 12.5 Å². The van der Waals surface area contributed by atoms with Crippen LogP contribution in [0.25, 0.3) is 0 Å². The summed E-state index contributed by atoms with van der Waals surface area (Å²) in [4.78, 5) is 3.75. The molecule has 4 nitrogen and oxygen atoms in total. The van der Waals surface area contributed by atoms with E-state index in [0.717, 1.165) is 37.7 Å². The summed E-state index contributed by atoms with van der Waals surface area (Å²) >= 11 is 1.76. The lowest BCUT2D eigenvalue weighted by Crippen LogP contribution is -2.48. The Balaban J connectivity index is 2.21. The summed E-state index contributed by atoms with van der Waals surface area (Å²) in [5.41, 5.74) is 1.31. The Kier molecular flexibility index (Phi) is 5.57. The molecule has 1 saturated heterocycles. The maximum absolute atomic E-state index is 5.42. The molecule has 0 spiro atoms. The van der Waals surface area contributed by atoms with Crippen molar-refractivity contribution in [1.29, 1.82) is 0 Å². The molecule has 5 heteroatoms. The Morgan fingerprint density at radius 2 is 2.00 bits per heavy atom. The van der Waals surface area contributed by atoms with E-state index >= 15 is 0 Å². The van der Waals surface area contributed by atoms with Crippen molar-refractivity contribution in [2.24, 2.45) is 0 Å². The molecule has 0 amide bonds. The molecule has 1 heterocycles. The Morgan fingerprint density at radius 3 is 2.60 bits per heavy atom. The van der Waals surface area contributed by atoms with Crippen molar-refractivity contribution in [1.82, 2.24) is 10.2 Å². The normalized spacial score (nSPS) is 19.9. The number of thioether (sulfide) groups is 1. The maximum Gasteiger partial charge on any atom is 0.161 e. The standard InChI is InChI=1S/C15H24N2O2S/c1-11-9-17(6-5-16-11)10-12-7-13(18-2)14(19-3)8-15(12)20-4/h7-8,11,16H,5-6,9-10H2,1-4H3/t11-/m1/s1. The molecule has 0 radical (unpaired) electrons. The molecular weight excluding hydrogens is 272 g/mol. The number of hydrogen-bond donors (Lipinski definition) is 1. The van der Waals surface area contributed by atoms with Crippen LogP contribution in [0.3, 0.4) is 0 Å². The van der Waals surface area contributed by atoms with Crippen LogP contribution in [0.5, 0.6) is 11.5 Å². The fourth-order valence-corrected chi connectivity index (χ4v) is 3.22. The number of methoxy groups -OCH3 is 2. The minimum absolute atomic E-state index is 0.557. The van der Waals surface area contributed by atoms with E-state index in [2.05, 4.69) is 35.5 Å². The molecule has 1 aromatic rings. The number of hydrogen-bond acceptors (Lipinski definition) is 5. The molecule has 0 saturated carbocycles. The molecular formula is C15H24N2O2S. The zero-order chi connectivity index (χ0) is 14.5. The van der Waals surface area contributed by atoms with Crippen molar-refractivity contribution in [3.8, 4) is 11.5 Å². The molecule has 1 aliphatic heterocycles. The van der Waals surface area contributed by atoms with Crippen LogP contribution < -0.4 is 14.8 Å². The minimum atomic E-state index is 0.557. The summed E-state index contributed by atoms with van der Waals surface area (Å²) in [6, 6.07) is 4.74. The SMILES string of the molecule is COc1cc(CN2CCN[C@H](C)C2)c(SC)cc1OC. The highest BCUT2D eigenvalue weighted by molar-refractivity contribution is 7.98. The van der Waals surface area contributed by atoms with E-state index in [1.54, 1.807) is 26.0 Å². The van der Waals surface area contributed by atoms with Crippen LogP contribution in [0.15, 0.2) is 17.0 Å². The van der Waals surface area contributed by atoms with Gasteiger partial charge in [-0.15, -0.1) is 11.8 Å². The molecule has 1 N–H and O–H groups in total. The van der Waals surface area contributed by atoms with Gasteiger partial charge in [-0.3, -0.25) is 4.90 Å². The summed E-state index contributed by atoms with van der Waals surface area (Å²) in [5, 5.41) is 3.48. The van der Waals surface area contributed by atoms with Gasteiger partial charge in [0.15, 0.2) is 11.5 Å². The van der Waals surface area contributed by atoms with Gasteiger partial charge in [-0.2, -0.15) is 0 Å². The highest BCUT2D eigenvalue weighted by Gasteiger charge is 2.18. The van der Waals surface area contributed by atoms with E-state index < -0.39 is 0 Å². The molecule has 0 bridgehead atoms. The Morgan fingerprint density at radius 1 is 1.30 bits per heavy atom. The highest BCUT2D eigenvalue weighted by atomic mass is 32.2. The molecule has 0 aromatic heterocycles. The third-order valence-corrected chi connectivity index (χ3v) is 4.45. The highest BCUT2D eigenvalue weighted by Crippen LogP contribution is 2.35. The maximum atomic E-state index is 5.42. The van der Waals surface area contributed by atoms with Gasteiger partial charge in [-0.25, -0.2) is 0 Å². The summed E-state index contributed by atoms with van der Waals surface area (Å²) in [5.74, 6) is 1.61. The zero-order valence-electron chi connectivity index (χ0n) is 12.7. The summed E-state index contributed by atoms with van der Waals surface area (Å²) in [6.07, 6.45) is 2.10. The quantitative estimate of drug-likeness (QED) is 0.843. The van der Waals surface area contributed by atoms with Gasteiger partial charge >= 0.3 is 0 Å². The molecule has 2 rings (SSSR count). The molecule has 1 aromatic carbocycles. The van der Waals surface area contributed by atoms with Gasteiger partial charge in [-0.1, -0.05) is 0 Å². The smallest absolute Gasteiger partial charge is 0.161 e. The van der Waals surface area contributed by atoms with Crippen LogP contribution in [0.4, 0.5) is 0 Å². The van der Waals surface area contributed by atoms with Gasteiger partial charge in [0.2, 0.25) is 0 Å². The van der Waals surface area contributed by atoms with Crippen LogP contribution in [-0.2, 0) is 6.54 Å². The summed E-state index contributed by atoms with van der Waals surface area (Å²) < 4.78 is 10.8. The zero-order valence-corrected chi connectivity index (χ0v) is 13.5. The second-order valence-electron chi connectivity index (χ2n) is 5.11. The first kappa shape index (κ1) is 15.5. The lowest BCUT2D eigenvalue weighted by molar-refractivity contribution is 0.198. The van der Waals surface area contributed by atoms with Gasteiger partial charge in [0.1, 0.15) is 0 Å². The van der Waals surface area contributed by atoms with Crippen LogP contribution in [-0.4, -0.2) is 51.1 Å². The first-order valence-electron chi connectivity index (χ1n) is 6.92. The Labute approximate surface area is 125 Å². The largest absolute Gasteiger partial charge is 0.493 e. The van der Waals surface area contributed by atoms with E-state index in [4.69, 9.17) is 9.47 Å². The van der Waals surface area contributed by atoms with Crippen LogP contribution in [0, 0.1) is 0 Å². The third kappa shape index (κ3) is 3.59. The van der Waals surface area contributed by atoms with Crippen molar-refractivity contribution in [2.75, 3.05) is 40.1 Å². The van der Waals surface area contributed by atoms with Crippen molar-refractivity contribution in [3.05, 3.63) is 17.7 Å². The van der Waals surface area contributed by atoms with Crippen LogP contribution >= 0.6 is 11.8 Å². The molecule has 20 heavy (non-hydrogen) atoms. The Hall–Kier alpha value is -0.910. The number of nitrogens with one attached hydrogen (secondary N) is 1. The number of piperazine rings is 1. The van der Waals surface area contributed by atoms with Gasteiger partial charge in [0.05, 0.1) is 14.2 Å². The number of nitrogens with zero attached hydrogens (tertiary/aromatic N) is 1. The van der Waals surface area contributed by atoms with Crippen molar-refractivity contribution >= 4 is 11.8 Å². The van der Waals surface area contributed by atoms with Crippen molar-refractivity contribution in [2.45, 2.75) is 24.4 Å². The second-order valence-corrected chi connectivity index (χ2v) is 5.96. The topological polar surface area (TPSA) is 33.7 Å². The van der Waals surface area contributed by atoms with E-state index in [0.29, 0.717) is 6.04 Å². The Bertz CT molecular complexity index is 454. The fourth-order valence-electron chi connectivity index (χ4n) is 2.61. The molecule has 1 aliphatic rings. The predicted octanol–water partition coefficient (Wildman–Crippen LogP) is 2.22. The summed E-state index contributed by atoms with van der Waals surface area (Å²) in [7, 11) is 3.37. The van der Waals surface area contributed by atoms with Gasteiger partial charge in [0.25, 0.3) is 0 Å². The fraction of sp³-hybridized carbons (Fsp3) is 0.600. The van der Waals surface area contributed by atoms with Crippen molar-refractivity contribution in [3.63, 3.8) is 0 Å². The lowest BCUT2D eigenvalue weighted by Gasteiger charge is -2.32. The molecule has 1 fully saturated rings. The molecule has 1 atom stereocenters. The average Bonchev–Trinajstić information content (AvgIpc) is 2.46. The first-order valence-corrected chi connectivity index (χ1v) is 8.15. The van der Waals surface area contributed by atoms with E-state index in [1.165, 1.54) is 10.5 Å². The van der Waals surface area contributed by atoms with Crippen molar-refractivity contribution < 1.29 is 9.47 Å². The second kappa shape index (κ2) is 7.20. The number of ether oxygens (including phenoxy) is 2. The van der Waals surface area contributed by atoms with Gasteiger partial charge in [-0.05, 0) is 30.9 Å². The van der Waals surface area contributed by atoms with E-state index in [1.807, 2.05) is 0 Å². The number of rotatable bonds is 5. The first-order chi connectivity index (χ1) is 9.67. The van der Waals surface area contributed by atoms with E-state index in [9.17, 15) is 0 Å². The van der Waals surface area contributed by atoms with Gasteiger partial charge < -0.3 is 14.8 Å². The third-order valence-electron chi connectivity index (χ3n) is 3.63. The predicted molar refractivity (Wildman–Crippen MR) is 84.1 cm³/mol. The monoisotopic (exact) mass is 296 g/mol. The van der Waals surface area contributed by atoms with Gasteiger partial charge in [0, 0.05) is 37.1 Å². The average molecular weight is 296 g/mol. The van der Waals surface area contributed by atoms with Crippen LogP contribution in [0.2, 0.25) is 0 Å². The minimum Gasteiger partial charge on any atom is -0.493 e.